The highest BCUT2D eigenvalue weighted by Crippen LogP contribution is 2.34. The molecule has 0 saturated carbocycles. The Morgan fingerprint density at radius 3 is 1.54 bits per heavy atom. The van der Waals surface area contributed by atoms with Crippen LogP contribution in [0.25, 0.3) is 44.2 Å². The molecule has 0 aliphatic heterocycles. The summed E-state index contributed by atoms with van der Waals surface area (Å²) in [5.41, 5.74) is 7.51. The Labute approximate surface area is 165 Å². The normalized spacial score (nSPS) is 10.9. The molecule has 0 heterocycles. The SMILES string of the molecule is c1ccc(-c2ccc(-c3ccccc3-c3ccc4ccccc4c3)cc2)cc1. The third kappa shape index (κ3) is 3.10. The largest absolute Gasteiger partial charge is 0.0622 e. The van der Waals surface area contributed by atoms with Crippen LogP contribution in [0, 0.1) is 0 Å². The average molecular weight is 356 g/mol. The molecule has 0 aliphatic rings. The Balaban J connectivity index is 1.58. The van der Waals surface area contributed by atoms with E-state index in [1.807, 2.05) is 0 Å². The topological polar surface area (TPSA) is 0 Å². The second-order valence-electron chi connectivity index (χ2n) is 7.05. The fourth-order valence-corrected chi connectivity index (χ4v) is 3.82. The van der Waals surface area contributed by atoms with E-state index in [2.05, 4.69) is 121 Å². The summed E-state index contributed by atoms with van der Waals surface area (Å²) in [6, 6.07) is 43.3. The van der Waals surface area contributed by atoms with Gasteiger partial charge in [-0.1, -0.05) is 115 Å². The summed E-state index contributed by atoms with van der Waals surface area (Å²) in [5, 5.41) is 2.55. The van der Waals surface area contributed by atoms with Gasteiger partial charge < -0.3 is 0 Å². The Morgan fingerprint density at radius 1 is 0.286 bits per heavy atom. The molecule has 0 heteroatoms. The summed E-state index contributed by atoms with van der Waals surface area (Å²) in [6.07, 6.45) is 0. The lowest BCUT2D eigenvalue weighted by Gasteiger charge is -2.12. The van der Waals surface area contributed by atoms with E-state index in [4.69, 9.17) is 0 Å². The van der Waals surface area contributed by atoms with Crippen LogP contribution in [-0.4, -0.2) is 0 Å². The van der Waals surface area contributed by atoms with E-state index in [-0.39, 0.29) is 0 Å². The number of hydrogen-bond acceptors (Lipinski definition) is 0. The number of hydrogen-bond donors (Lipinski definition) is 0. The Bertz CT molecular complexity index is 1230. The molecule has 0 amide bonds. The molecule has 5 aromatic rings. The van der Waals surface area contributed by atoms with Crippen molar-refractivity contribution in [3.8, 4) is 33.4 Å². The van der Waals surface area contributed by atoms with Crippen LogP contribution in [0.1, 0.15) is 0 Å². The van der Waals surface area contributed by atoms with E-state index in [9.17, 15) is 0 Å². The third-order valence-corrected chi connectivity index (χ3v) is 5.29. The van der Waals surface area contributed by atoms with Gasteiger partial charge >= 0.3 is 0 Å². The minimum absolute atomic E-state index is 1.24. The van der Waals surface area contributed by atoms with Crippen molar-refractivity contribution in [3.63, 3.8) is 0 Å². The van der Waals surface area contributed by atoms with E-state index in [1.165, 1.54) is 44.2 Å². The molecule has 0 spiro atoms. The lowest BCUT2D eigenvalue weighted by molar-refractivity contribution is 1.58. The standard InChI is InChI=1S/C28H20/c1-2-8-21(9-3-1)23-14-17-24(18-15-23)27-12-6-7-13-28(27)26-19-16-22-10-4-5-11-25(22)20-26/h1-20H. The molecule has 0 atom stereocenters. The maximum Gasteiger partial charge on any atom is -0.0105 e. The van der Waals surface area contributed by atoms with Crippen molar-refractivity contribution in [2.45, 2.75) is 0 Å². The molecule has 0 aromatic heterocycles. The fraction of sp³-hybridized carbons (Fsp3) is 0. The van der Waals surface area contributed by atoms with E-state index >= 15 is 0 Å². The van der Waals surface area contributed by atoms with Crippen LogP contribution in [0.2, 0.25) is 0 Å². The molecule has 5 aromatic carbocycles. The van der Waals surface area contributed by atoms with Crippen molar-refractivity contribution < 1.29 is 0 Å². The van der Waals surface area contributed by atoms with Gasteiger partial charge in [0, 0.05) is 0 Å². The molecular formula is C28H20. The van der Waals surface area contributed by atoms with Gasteiger partial charge in [-0.15, -0.1) is 0 Å². The molecule has 0 radical (unpaired) electrons. The van der Waals surface area contributed by atoms with Crippen LogP contribution in [0.15, 0.2) is 121 Å². The number of fused-ring (bicyclic) bond motifs is 1. The van der Waals surface area contributed by atoms with Gasteiger partial charge in [0.15, 0.2) is 0 Å². The van der Waals surface area contributed by atoms with Gasteiger partial charge in [-0.3, -0.25) is 0 Å². The van der Waals surface area contributed by atoms with Crippen molar-refractivity contribution in [2.75, 3.05) is 0 Å². The molecule has 5 rings (SSSR count). The second-order valence-corrected chi connectivity index (χ2v) is 7.05. The summed E-state index contributed by atoms with van der Waals surface area (Å²) in [5.74, 6) is 0. The van der Waals surface area contributed by atoms with Crippen molar-refractivity contribution in [3.05, 3.63) is 121 Å². The van der Waals surface area contributed by atoms with Gasteiger partial charge in [-0.25, -0.2) is 0 Å². The highest BCUT2D eigenvalue weighted by Gasteiger charge is 2.08. The molecule has 0 fully saturated rings. The van der Waals surface area contributed by atoms with Gasteiger partial charge in [0.25, 0.3) is 0 Å². The summed E-state index contributed by atoms with van der Waals surface area (Å²) >= 11 is 0. The van der Waals surface area contributed by atoms with Gasteiger partial charge in [-0.05, 0) is 50.2 Å². The Morgan fingerprint density at radius 2 is 0.786 bits per heavy atom. The second kappa shape index (κ2) is 7.17. The van der Waals surface area contributed by atoms with E-state index < -0.39 is 0 Å². The lowest BCUT2D eigenvalue weighted by Crippen LogP contribution is -1.86. The van der Waals surface area contributed by atoms with Crippen LogP contribution in [0.4, 0.5) is 0 Å². The quantitative estimate of drug-likeness (QED) is 0.309. The lowest BCUT2D eigenvalue weighted by atomic mass is 9.92. The molecule has 0 N–H and O–H groups in total. The molecule has 132 valence electrons. The summed E-state index contributed by atoms with van der Waals surface area (Å²) in [4.78, 5) is 0. The Hall–Kier alpha value is -3.64. The first-order valence-electron chi connectivity index (χ1n) is 9.62. The zero-order chi connectivity index (χ0) is 18.8. The van der Waals surface area contributed by atoms with E-state index in [0.717, 1.165) is 0 Å². The van der Waals surface area contributed by atoms with Gasteiger partial charge in [-0.2, -0.15) is 0 Å². The zero-order valence-electron chi connectivity index (χ0n) is 15.5. The highest BCUT2D eigenvalue weighted by molar-refractivity contribution is 5.91. The molecule has 0 saturated heterocycles. The van der Waals surface area contributed by atoms with Crippen molar-refractivity contribution >= 4 is 10.8 Å². The van der Waals surface area contributed by atoms with E-state index in [0.29, 0.717) is 0 Å². The molecular weight excluding hydrogens is 336 g/mol. The van der Waals surface area contributed by atoms with Crippen LogP contribution in [-0.2, 0) is 0 Å². The van der Waals surface area contributed by atoms with Gasteiger partial charge in [0.2, 0.25) is 0 Å². The molecule has 0 unspecified atom stereocenters. The number of benzene rings is 5. The first kappa shape index (κ1) is 16.5. The highest BCUT2D eigenvalue weighted by atomic mass is 14.1. The van der Waals surface area contributed by atoms with Crippen LogP contribution >= 0.6 is 0 Å². The maximum absolute atomic E-state index is 2.28. The monoisotopic (exact) mass is 356 g/mol. The summed E-state index contributed by atoms with van der Waals surface area (Å²) < 4.78 is 0. The van der Waals surface area contributed by atoms with Crippen molar-refractivity contribution in [1.29, 1.82) is 0 Å². The van der Waals surface area contributed by atoms with Gasteiger partial charge in [0.1, 0.15) is 0 Å². The van der Waals surface area contributed by atoms with Crippen LogP contribution < -0.4 is 0 Å². The van der Waals surface area contributed by atoms with Crippen molar-refractivity contribution in [1.82, 2.24) is 0 Å². The molecule has 0 bridgehead atoms. The predicted octanol–water partition coefficient (Wildman–Crippen LogP) is 7.84. The smallest absolute Gasteiger partial charge is 0.0105 e. The minimum atomic E-state index is 1.24. The molecule has 28 heavy (non-hydrogen) atoms. The van der Waals surface area contributed by atoms with E-state index in [1.54, 1.807) is 0 Å². The first-order valence-corrected chi connectivity index (χ1v) is 9.62. The summed E-state index contributed by atoms with van der Waals surface area (Å²) in [6.45, 7) is 0. The molecule has 0 nitrogen and oxygen atoms in total. The minimum Gasteiger partial charge on any atom is -0.0622 e. The maximum atomic E-state index is 2.28. The first-order chi connectivity index (χ1) is 13.9. The average Bonchev–Trinajstić information content (AvgIpc) is 2.79. The zero-order valence-corrected chi connectivity index (χ0v) is 15.5. The predicted molar refractivity (Wildman–Crippen MR) is 120 cm³/mol. The van der Waals surface area contributed by atoms with Crippen LogP contribution in [0.3, 0.4) is 0 Å². The summed E-state index contributed by atoms with van der Waals surface area (Å²) in [7, 11) is 0. The third-order valence-electron chi connectivity index (χ3n) is 5.29. The fourth-order valence-electron chi connectivity index (χ4n) is 3.82. The van der Waals surface area contributed by atoms with Crippen molar-refractivity contribution in [2.24, 2.45) is 0 Å². The number of rotatable bonds is 3. The Kier molecular flexibility index (Phi) is 4.23. The molecule has 0 aliphatic carbocycles. The van der Waals surface area contributed by atoms with Gasteiger partial charge in [0.05, 0.1) is 0 Å². The van der Waals surface area contributed by atoms with Crippen LogP contribution in [0.5, 0.6) is 0 Å².